The van der Waals surface area contributed by atoms with Gasteiger partial charge in [-0.2, -0.15) is 23.3 Å². The number of hydrogen-bond donors (Lipinski definition) is 3. The molecule has 4 rings (SSSR count). The normalized spacial score (nSPS) is 11.7. The van der Waals surface area contributed by atoms with Crippen LogP contribution in [-0.4, -0.2) is 20.2 Å². The molecular weight excluding hydrogens is 407 g/mol. The lowest BCUT2D eigenvalue weighted by Crippen LogP contribution is -2.07. The number of nitrogens with zero attached hydrogens (tertiary/aromatic N) is 3. The number of benzene rings is 2. The molecule has 0 atom stereocenters. The average molecular weight is 420 g/mol. The monoisotopic (exact) mass is 420 g/mol. The van der Waals surface area contributed by atoms with E-state index < -0.39 is 23.4 Å². The first-order chi connectivity index (χ1) is 14.2. The van der Waals surface area contributed by atoms with Gasteiger partial charge in [-0.3, -0.25) is 5.10 Å². The minimum Gasteiger partial charge on any atom is -0.323 e. The van der Waals surface area contributed by atoms with Gasteiger partial charge in [-0.25, -0.2) is 13.8 Å². The largest absolute Gasteiger partial charge is 0.416 e. The fourth-order valence-corrected chi connectivity index (χ4v) is 2.77. The van der Waals surface area contributed by atoms with Crippen LogP contribution in [0.1, 0.15) is 11.3 Å². The molecule has 154 valence electrons. The molecule has 0 amide bonds. The number of H-pyrrole nitrogens is 1. The molecule has 6 nitrogen and oxygen atoms in total. The SMILES string of the molecule is Cc1cc(Nc2nc(Nc3ccc(F)cc3F)nc3cc(C(F)(F)F)ccc23)n[nH]1. The Hall–Kier alpha value is -3.76. The van der Waals surface area contributed by atoms with Crippen LogP contribution in [0.2, 0.25) is 0 Å². The third-order valence-corrected chi connectivity index (χ3v) is 4.15. The second-order valence-corrected chi connectivity index (χ2v) is 6.44. The van der Waals surface area contributed by atoms with Crippen molar-refractivity contribution in [2.24, 2.45) is 0 Å². The summed E-state index contributed by atoms with van der Waals surface area (Å²) in [5.41, 5.74) is -0.306. The van der Waals surface area contributed by atoms with Gasteiger partial charge in [-0.05, 0) is 37.3 Å². The van der Waals surface area contributed by atoms with Crippen LogP contribution in [0.25, 0.3) is 10.9 Å². The fraction of sp³-hybridized carbons (Fsp3) is 0.105. The first kappa shape index (κ1) is 19.6. The molecule has 4 aromatic rings. The quantitative estimate of drug-likeness (QED) is 0.383. The van der Waals surface area contributed by atoms with Crippen LogP contribution in [-0.2, 0) is 6.18 Å². The van der Waals surface area contributed by atoms with Gasteiger partial charge in [0.15, 0.2) is 5.82 Å². The van der Waals surface area contributed by atoms with Crippen molar-refractivity contribution in [3.63, 3.8) is 0 Å². The Bertz CT molecular complexity index is 1230. The highest BCUT2D eigenvalue weighted by Gasteiger charge is 2.31. The molecule has 0 spiro atoms. The molecule has 0 aliphatic rings. The molecule has 0 fully saturated rings. The predicted octanol–water partition coefficient (Wildman–Crippen LogP) is 5.45. The van der Waals surface area contributed by atoms with Crippen LogP contribution >= 0.6 is 0 Å². The summed E-state index contributed by atoms with van der Waals surface area (Å²) in [7, 11) is 0. The van der Waals surface area contributed by atoms with Crippen molar-refractivity contribution in [2.45, 2.75) is 13.1 Å². The summed E-state index contributed by atoms with van der Waals surface area (Å²) in [5.74, 6) is -1.32. The Morgan fingerprint density at radius 3 is 2.40 bits per heavy atom. The molecule has 0 aliphatic heterocycles. The number of hydrogen-bond acceptors (Lipinski definition) is 5. The number of rotatable bonds is 4. The van der Waals surface area contributed by atoms with Gasteiger partial charge < -0.3 is 10.6 Å². The van der Waals surface area contributed by atoms with Crippen molar-refractivity contribution < 1.29 is 22.0 Å². The van der Waals surface area contributed by atoms with Gasteiger partial charge in [0.25, 0.3) is 0 Å². The zero-order valence-electron chi connectivity index (χ0n) is 15.3. The zero-order valence-corrected chi connectivity index (χ0v) is 15.3. The standard InChI is InChI=1S/C19H13F5N6/c1-9-6-16(30-29-9)27-17-12-4-2-10(19(22,23)24)7-15(12)26-18(28-17)25-14-5-3-11(20)8-13(14)21/h2-8H,1H3,(H3,25,26,27,28,29,30). The Balaban J connectivity index is 1.82. The van der Waals surface area contributed by atoms with Gasteiger partial charge in [0, 0.05) is 23.2 Å². The lowest BCUT2D eigenvalue weighted by molar-refractivity contribution is -0.137. The molecule has 30 heavy (non-hydrogen) atoms. The third kappa shape index (κ3) is 4.00. The number of nitrogens with one attached hydrogen (secondary N) is 3. The van der Waals surface area contributed by atoms with Crippen molar-refractivity contribution >= 4 is 34.2 Å². The van der Waals surface area contributed by atoms with E-state index in [-0.39, 0.29) is 23.0 Å². The average Bonchev–Trinajstić information content (AvgIpc) is 3.07. The number of alkyl halides is 3. The number of aryl methyl sites for hydroxylation is 1. The summed E-state index contributed by atoms with van der Waals surface area (Å²) in [6.07, 6.45) is -4.57. The first-order valence-corrected chi connectivity index (χ1v) is 8.59. The van der Waals surface area contributed by atoms with E-state index in [1.54, 1.807) is 13.0 Å². The van der Waals surface area contributed by atoms with E-state index in [1.807, 2.05) is 0 Å². The molecule has 11 heteroatoms. The minimum atomic E-state index is -4.57. The molecule has 0 saturated carbocycles. The lowest BCUT2D eigenvalue weighted by Gasteiger charge is -2.13. The number of fused-ring (bicyclic) bond motifs is 1. The Labute approximate surface area is 166 Å². The first-order valence-electron chi connectivity index (χ1n) is 8.59. The fourth-order valence-electron chi connectivity index (χ4n) is 2.77. The van der Waals surface area contributed by atoms with Crippen LogP contribution < -0.4 is 10.6 Å². The van der Waals surface area contributed by atoms with Crippen molar-refractivity contribution in [3.05, 3.63) is 65.4 Å². The third-order valence-electron chi connectivity index (χ3n) is 4.15. The van der Waals surface area contributed by atoms with Crippen molar-refractivity contribution in [1.82, 2.24) is 20.2 Å². The summed E-state index contributed by atoms with van der Waals surface area (Å²) < 4.78 is 66.5. The van der Waals surface area contributed by atoms with Crippen molar-refractivity contribution in [2.75, 3.05) is 10.6 Å². The number of halogens is 5. The molecular formula is C19H13F5N6. The van der Waals surface area contributed by atoms with Gasteiger partial charge in [0.05, 0.1) is 16.8 Å². The topological polar surface area (TPSA) is 78.5 Å². The maximum atomic E-state index is 14.0. The Morgan fingerprint density at radius 2 is 1.73 bits per heavy atom. The molecule has 0 aliphatic carbocycles. The summed E-state index contributed by atoms with van der Waals surface area (Å²) in [4.78, 5) is 8.29. The van der Waals surface area contributed by atoms with E-state index in [0.717, 1.165) is 30.0 Å². The van der Waals surface area contributed by atoms with Gasteiger partial charge in [0.1, 0.15) is 17.5 Å². The maximum Gasteiger partial charge on any atom is 0.416 e. The molecule has 3 N–H and O–H groups in total. The van der Waals surface area contributed by atoms with Gasteiger partial charge in [-0.15, -0.1) is 0 Å². The predicted molar refractivity (Wildman–Crippen MR) is 101 cm³/mol. The molecule has 2 heterocycles. The van der Waals surface area contributed by atoms with Crippen molar-refractivity contribution in [1.29, 1.82) is 0 Å². The molecule has 2 aromatic carbocycles. The van der Waals surface area contributed by atoms with Gasteiger partial charge in [-0.1, -0.05) is 0 Å². The number of aromatic nitrogens is 4. The summed E-state index contributed by atoms with van der Waals surface area (Å²) in [6, 6.07) is 7.52. The Morgan fingerprint density at radius 1 is 0.933 bits per heavy atom. The minimum absolute atomic E-state index is 0.0281. The van der Waals surface area contributed by atoms with E-state index in [4.69, 9.17) is 0 Å². The van der Waals surface area contributed by atoms with Crippen molar-refractivity contribution in [3.8, 4) is 0 Å². The second kappa shape index (κ2) is 7.25. The Kier molecular flexibility index (Phi) is 4.72. The highest BCUT2D eigenvalue weighted by Crippen LogP contribution is 2.34. The molecule has 0 radical (unpaired) electrons. The second-order valence-electron chi connectivity index (χ2n) is 6.44. The van der Waals surface area contributed by atoms with Crippen LogP contribution in [0.15, 0.2) is 42.5 Å². The maximum absolute atomic E-state index is 14.0. The molecule has 0 saturated heterocycles. The molecule has 2 aromatic heterocycles. The summed E-state index contributed by atoms with van der Waals surface area (Å²) in [6.45, 7) is 1.77. The van der Waals surface area contributed by atoms with E-state index >= 15 is 0 Å². The number of aromatic amines is 1. The van der Waals surface area contributed by atoms with Crippen LogP contribution in [0.4, 0.5) is 45.2 Å². The summed E-state index contributed by atoms with van der Waals surface area (Å²) in [5, 5.41) is 12.5. The smallest absolute Gasteiger partial charge is 0.323 e. The van der Waals surface area contributed by atoms with Crippen LogP contribution in [0.3, 0.4) is 0 Å². The van der Waals surface area contributed by atoms with Crippen LogP contribution in [0, 0.1) is 18.6 Å². The van der Waals surface area contributed by atoms with E-state index in [2.05, 4.69) is 30.8 Å². The van der Waals surface area contributed by atoms with Crippen LogP contribution in [0.5, 0.6) is 0 Å². The zero-order chi connectivity index (χ0) is 21.5. The highest BCUT2D eigenvalue weighted by atomic mass is 19.4. The molecule has 0 bridgehead atoms. The number of anilines is 4. The summed E-state index contributed by atoms with van der Waals surface area (Å²) >= 11 is 0. The lowest BCUT2D eigenvalue weighted by atomic mass is 10.1. The molecule has 0 unspecified atom stereocenters. The van der Waals surface area contributed by atoms with Gasteiger partial charge in [0.2, 0.25) is 5.95 Å². The van der Waals surface area contributed by atoms with E-state index in [0.29, 0.717) is 17.3 Å². The highest BCUT2D eigenvalue weighted by molar-refractivity contribution is 5.92. The van der Waals surface area contributed by atoms with E-state index in [9.17, 15) is 22.0 Å². The van der Waals surface area contributed by atoms with E-state index in [1.165, 1.54) is 6.07 Å². The van der Waals surface area contributed by atoms with Gasteiger partial charge >= 0.3 is 6.18 Å².